The molecule has 0 aliphatic heterocycles. The number of unbranched alkanes of at least 4 members (excludes halogenated alkanes) is 1. The fourth-order valence-corrected chi connectivity index (χ4v) is 4.38. The number of carbonyl (C=O) groups excluding carboxylic acids is 1. The van der Waals surface area contributed by atoms with Gasteiger partial charge in [0.1, 0.15) is 15.0 Å². The number of nitrogens with zero attached hydrogens (tertiary/aromatic N) is 4. The lowest BCUT2D eigenvalue weighted by Gasteiger charge is -1.98. The summed E-state index contributed by atoms with van der Waals surface area (Å²) < 4.78 is 0. The highest BCUT2D eigenvalue weighted by atomic mass is 32.1. The molecule has 0 radical (unpaired) electrons. The lowest BCUT2D eigenvalue weighted by atomic mass is 10.2. The maximum Gasteiger partial charge on any atom is 0.231 e. The highest BCUT2D eigenvalue weighted by Gasteiger charge is 2.09. The summed E-state index contributed by atoms with van der Waals surface area (Å²) in [7, 11) is 0. The first-order valence-electron chi connectivity index (χ1n) is 7.62. The maximum absolute atomic E-state index is 11.9. The van der Waals surface area contributed by atoms with E-state index in [4.69, 9.17) is 0 Å². The molecule has 1 amide bonds. The number of thiophene rings is 1. The van der Waals surface area contributed by atoms with Gasteiger partial charge < -0.3 is 5.32 Å². The number of anilines is 1. The smallest absolute Gasteiger partial charge is 0.231 e. The summed E-state index contributed by atoms with van der Waals surface area (Å²) >= 11 is 4.68. The monoisotopic (exact) mass is 379 g/mol. The zero-order valence-corrected chi connectivity index (χ0v) is 15.6. The minimum atomic E-state index is -0.0493. The molecule has 0 saturated heterocycles. The van der Waals surface area contributed by atoms with Crippen molar-refractivity contribution >= 4 is 45.0 Å². The lowest BCUT2D eigenvalue weighted by molar-refractivity contribution is -0.115. The number of amides is 1. The van der Waals surface area contributed by atoms with Crippen LogP contribution in [0.5, 0.6) is 0 Å². The third kappa shape index (κ3) is 5.15. The van der Waals surface area contributed by atoms with Crippen LogP contribution >= 0.6 is 34.0 Å². The quantitative estimate of drug-likeness (QED) is 0.606. The van der Waals surface area contributed by atoms with Gasteiger partial charge in [0.05, 0.1) is 6.42 Å². The fraction of sp³-hybridized carbons (Fsp3) is 0.400. The zero-order valence-electron chi connectivity index (χ0n) is 13.2. The van der Waals surface area contributed by atoms with Crippen LogP contribution in [0.1, 0.15) is 32.7 Å². The van der Waals surface area contributed by atoms with Gasteiger partial charge >= 0.3 is 0 Å². The largest absolute Gasteiger partial charge is 0.300 e. The second kappa shape index (κ2) is 8.41. The number of rotatable bonds is 8. The molecule has 3 aromatic heterocycles. The molecule has 0 aromatic carbocycles. The SMILES string of the molecule is Cc1nnc(CCCCc2nnc(NC(=O)Cc3cccs3)s2)s1. The van der Waals surface area contributed by atoms with Gasteiger partial charge in [0.15, 0.2) is 0 Å². The Kier molecular flexibility index (Phi) is 6.00. The minimum Gasteiger partial charge on any atom is -0.300 e. The number of aryl methyl sites for hydroxylation is 3. The Hall–Kier alpha value is -1.71. The number of carbonyl (C=O) groups is 1. The molecule has 0 saturated carbocycles. The third-order valence-corrected chi connectivity index (χ3v) is 5.90. The first kappa shape index (κ1) is 17.1. The van der Waals surface area contributed by atoms with Gasteiger partial charge in [0, 0.05) is 17.7 Å². The number of aromatic nitrogens is 4. The van der Waals surface area contributed by atoms with E-state index < -0.39 is 0 Å². The molecule has 0 atom stereocenters. The molecule has 6 nitrogen and oxygen atoms in total. The van der Waals surface area contributed by atoms with Crippen molar-refractivity contribution < 1.29 is 4.79 Å². The highest BCUT2D eigenvalue weighted by molar-refractivity contribution is 7.15. The van der Waals surface area contributed by atoms with Gasteiger partial charge in [0.25, 0.3) is 0 Å². The summed E-state index contributed by atoms with van der Waals surface area (Å²) in [4.78, 5) is 13.0. The summed E-state index contributed by atoms with van der Waals surface area (Å²) in [6.07, 6.45) is 4.28. The van der Waals surface area contributed by atoms with Gasteiger partial charge in [-0.05, 0) is 31.2 Å². The van der Waals surface area contributed by atoms with Crippen LogP contribution in [-0.2, 0) is 24.1 Å². The molecule has 3 aromatic rings. The molecule has 9 heteroatoms. The van der Waals surface area contributed by atoms with Gasteiger partial charge in [-0.25, -0.2) is 0 Å². The molecule has 0 aliphatic carbocycles. The van der Waals surface area contributed by atoms with E-state index in [2.05, 4.69) is 25.7 Å². The topological polar surface area (TPSA) is 80.7 Å². The number of hydrogen-bond acceptors (Lipinski definition) is 8. The van der Waals surface area contributed by atoms with Crippen molar-refractivity contribution in [1.29, 1.82) is 0 Å². The van der Waals surface area contributed by atoms with Crippen LogP contribution in [0.25, 0.3) is 0 Å². The molecule has 24 heavy (non-hydrogen) atoms. The molecule has 3 rings (SSSR count). The second-order valence-corrected chi connectivity index (χ2v) is 8.59. The van der Waals surface area contributed by atoms with Crippen LogP contribution in [0.4, 0.5) is 5.13 Å². The second-order valence-electron chi connectivity index (χ2n) is 5.23. The van der Waals surface area contributed by atoms with Crippen molar-refractivity contribution in [3.8, 4) is 0 Å². The fourth-order valence-electron chi connectivity index (χ4n) is 2.13. The molecule has 1 N–H and O–H groups in total. The summed E-state index contributed by atoms with van der Waals surface area (Å²) in [6.45, 7) is 1.97. The average molecular weight is 380 g/mol. The van der Waals surface area contributed by atoms with Gasteiger partial charge in [-0.15, -0.1) is 43.1 Å². The van der Waals surface area contributed by atoms with Crippen molar-refractivity contribution in [2.24, 2.45) is 0 Å². The van der Waals surface area contributed by atoms with Crippen LogP contribution in [0.3, 0.4) is 0 Å². The van der Waals surface area contributed by atoms with Crippen LogP contribution in [-0.4, -0.2) is 26.3 Å². The highest BCUT2D eigenvalue weighted by Crippen LogP contribution is 2.19. The van der Waals surface area contributed by atoms with E-state index in [0.29, 0.717) is 11.6 Å². The molecule has 126 valence electrons. The molecule has 0 aliphatic rings. The molecule has 0 bridgehead atoms. The van der Waals surface area contributed by atoms with Gasteiger partial charge in [-0.1, -0.05) is 17.4 Å². The van der Waals surface area contributed by atoms with Crippen LogP contribution in [0, 0.1) is 6.92 Å². The first-order valence-corrected chi connectivity index (χ1v) is 10.1. The Balaban J connectivity index is 1.39. The first-order chi connectivity index (χ1) is 11.7. The normalized spacial score (nSPS) is 10.9. The van der Waals surface area contributed by atoms with Gasteiger partial charge in [0.2, 0.25) is 11.0 Å². The lowest BCUT2D eigenvalue weighted by Crippen LogP contribution is -2.13. The predicted octanol–water partition coefficient (Wildman–Crippen LogP) is 3.51. The maximum atomic E-state index is 11.9. The van der Waals surface area contributed by atoms with E-state index in [-0.39, 0.29) is 5.91 Å². The summed E-state index contributed by atoms with van der Waals surface area (Å²) in [6, 6.07) is 3.90. The van der Waals surface area contributed by atoms with E-state index in [9.17, 15) is 4.79 Å². The van der Waals surface area contributed by atoms with Crippen molar-refractivity contribution in [3.63, 3.8) is 0 Å². The van der Waals surface area contributed by atoms with Crippen LogP contribution in [0.15, 0.2) is 17.5 Å². The standard InChI is InChI=1S/C15H17N5OS3/c1-10-17-18-13(23-10)6-2-3-7-14-19-20-15(24-14)16-12(21)9-11-5-4-8-22-11/h4-5,8H,2-3,6-7,9H2,1H3,(H,16,20,21). The van der Waals surface area contributed by atoms with Crippen LogP contribution in [0.2, 0.25) is 0 Å². The van der Waals surface area contributed by atoms with Crippen molar-refractivity contribution in [3.05, 3.63) is 37.4 Å². The minimum absolute atomic E-state index is 0.0493. The molecule has 0 fully saturated rings. The molecular formula is C15H17N5OS3. The average Bonchev–Trinajstić information content (AvgIpc) is 3.27. The van der Waals surface area contributed by atoms with Crippen molar-refractivity contribution in [1.82, 2.24) is 20.4 Å². The van der Waals surface area contributed by atoms with E-state index >= 15 is 0 Å². The molecule has 0 unspecified atom stereocenters. The zero-order chi connectivity index (χ0) is 16.8. The summed E-state index contributed by atoms with van der Waals surface area (Å²) in [5, 5.41) is 24.7. The van der Waals surface area contributed by atoms with E-state index in [0.717, 1.165) is 45.6 Å². The Morgan fingerprint density at radius 1 is 1.08 bits per heavy atom. The summed E-state index contributed by atoms with van der Waals surface area (Å²) in [5.41, 5.74) is 0. The van der Waals surface area contributed by atoms with Crippen LogP contribution < -0.4 is 5.32 Å². The number of hydrogen-bond donors (Lipinski definition) is 1. The Morgan fingerprint density at radius 2 is 1.83 bits per heavy atom. The van der Waals surface area contributed by atoms with E-state index in [1.807, 2.05) is 24.4 Å². The van der Waals surface area contributed by atoms with Crippen molar-refractivity contribution in [2.75, 3.05) is 5.32 Å². The van der Waals surface area contributed by atoms with E-state index in [1.54, 1.807) is 22.7 Å². The van der Waals surface area contributed by atoms with Gasteiger partial charge in [-0.2, -0.15) is 0 Å². The van der Waals surface area contributed by atoms with Crippen molar-refractivity contribution in [2.45, 2.75) is 39.0 Å². The molecule has 0 spiro atoms. The number of nitrogens with one attached hydrogen (secondary N) is 1. The van der Waals surface area contributed by atoms with Gasteiger partial charge in [-0.3, -0.25) is 4.79 Å². The summed E-state index contributed by atoms with van der Waals surface area (Å²) in [5.74, 6) is -0.0493. The van der Waals surface area contributed by atoms with E-state index in [1.165, 1.54) is 11.3 Å². The third-order valence-electron chi connectivity index (χ3n) is 3.23. The Labute approximate surface area is 152 Å². The Bertz CT molecular complexity index is 781. The molecular weight excluding hydrogens is 362 g/mol. The Morgan fingerprint density at radius 3 is 2.50 bits per heavy atom. The molecule has 3 heterocycles. The predicted molar refractivity (Wildman–Crippen MR) is 97.8 cm³/mol.